The first-order valence-corrected chi connectivity index (χ1v) is 7.14. The van der Waals surface area contributed by atoms with Crippen molar-refractivity contribution in [3.63, 3.8) is 0 Å². The van der Waals surface area contributed by atoms with Crippen molar-refractivity contribution in [1.29, 1.82) is 0 Å². The molecule has 0 aliphatic carbocycles. The Balaban J connectivity index is 2.13. The maximum absolute atomic E-state index is 11.6. The molecule has 0 bridgehead atoms. The minimum absolute atomic E-state index is 0.237. The zero-order valence-electron chi connectivity index (χ0n) is 10.4. The molecule has 2 aromatic rings. The number of benzene rings is 1. The molecule has 0 fully saturated rings. The molecule has 0 spiro atoms. The highest BCUT2D eigenvalue weighted by Crippen LogP contribution is 2.28. The fourth-order valence-electron chi connectivity index (χ4n) is 1.33. The lowest BCUT2D eigenvalue weighted by molar-refractivity contribution is -0.124. The third-order valence-corrected chi connectivity index (χ3v) is 3.83. The molecule has 0 saturated carbocycles. The van der Waals surface area contributed by atoms with E-state index in [9.17, 15) is 4.79 Å². The molecule has 1 heterocycles. The number of methoxy groups -OCH3 is 1. The molecule has 1 aromatic carbocycles. The van der Waals surface area contributed by atoms with Crippen molar-refractivity contribution < 1.29 is 9.53 Å². The molecule has 100 valence electrons. The van der Waals surface area contributed by atoms with Gasteiger partial charge in [-0.25, -0.2) is 0 Å². The Bertz CT molecular complexity index is 588. The first-order valence-electron chi connectivity index (χ1n) is 5.53. The lowest BCUT2D eigenvalue weighted by Crippen LogP contribution is -2.26. The van der Waals surface area contributed by atoms with Gasteiger partial charge in [0.2, 0.25) is 5.13 Å². The van der Waals surface area contributed by atoms with Crippen LogP contribution in [-0.2, 0) is 9.53 Å². The van der Waals surface area contributed by atoms with Gasteiger partial charge in [-0.15, -0.1) is 10.2 Å². The number of carbonyl (C=O) groups excluding carboxylic acids is 1. The lowest BCUT2D eigenvalue weighted by Gasteiger charge is -2.06. The first kappa shape index (κ1) is 14.1. The summed E-state index contributed by atoms with van der Waals surface area (Å²) in [4.78, 5) is 11.6. The van der Waals surface area contributed by atoms with Crippen LogP contribution in [0.15, 0.2) is 28.7 Å². The van der Waals surface area contributed by atoms with Crippen molar-refractivity contribution in [2.24, 2.45) is 0 Å². The van der Waals surface area contributed by atoms with E-state index >= 15 is 0 Å². The molecule has 0 radical (unpaired) electrons. The molecule has 0 aliphatic rings. The van der Waals surface area contributed by atoms with E-state index in [2.05, 4.69) is 31.4 Å². The normalized spacial score (nSPS) is 12.2. The van der Waals surface area contributed by atoms with Gasteiger partial charge in [0.05, 0.1) is 0 Å². The summed E-state index contributed by atoms with van der Waals surface area (Å²) in [5, 5.41) is 11.9. The number of aromatic nitrogens is 2. The molecule has 1 aromatic heterocycles. The molecule has 19 heavy (non-hydrogen) atoms. The quantitative estimate of drug-likeness (QED) is 0.928. The smallest absolute Gasteiger partial charge is 0.255 e. The van der Waals surface area contributed by atoms with E-state index in [4.69, 9.17) is 4.74 Å². The number of halogens is 1. The van der Waals surface area contributed by atoms with E-state index in [0.29, 0.717) is 5.13 Å². The summed E-state index contributed by atoms with van der Waals surface area (Å²) in [7, 11) is 1.48. The maximum Gasteiger partial charge on any atom is 0.255 e. The van der Waals surface area contributed by atoms with Crippen molar-refractivity contribution in [3.05, 3.63) is 28.7 Å². The molecule has 0 aliphatic heterocycles. The summed E-state index contributed by atoms with van der Waals surface area (Å²) in [6.45, 7) is 1.67. The Morgan fingerprint density at radius 1 is 1.47 bits per heavy atom. The highest BCUT2D eigenvalue weighted by molar-refractivity contribution is 9.10. The second-order valence-electron chi connectivity index (χ2n) is 3.79. The average Bonchev–Trinajstić information content (AvgIpc) is 2.86. The topological polar surface area (TPSA) is 64.1 Å². The van der Waals surface area contributed by atoms with E-state index in [1.54, 1.807) is 6.92 Å². The number of hydrogen-bond donors (Lipinski definition) is 1. The second-order valence-corrected chi connectivity index (χ2v) is 5.68. The van der Waals surface area contributed by atoms with Gasteiger partial charge in [-0.1, -0.05) is 39.4 Å². The Labute approximate surface area is 123 Å². The average molecular weight is 342 g/mol. The Kier molecular flexibility index (Phi) is 4.62. The van der Waals surface area contributed by atoms with Crippen molar-refractivity contribution in [3.8, 4) is 10.6 Å². The Hall–Kier alpha value is -1.31. The highest BCUT2D eigenvalue weighted by Gasteiger charge is 2.14. The van der Waals surface area contributed by atoms with Crippen LogP contribution in [0.2, 0.25) is 0 Å². The number of hydrogen-bond acceptors (Lipinski definition) is 5. The molecule has 2 rings (SSSR count). The number of amides is 1. The van der Waals surface area contributed by atoms with Gasteiger partial charge in [0, 0.05) is 17.1 Å². The van der Waals surface area contributed by atoms with Gasteiger partial charge >= 0.3 is 0 Å². The summed E-state index contributed by atoms with van der Waals surface area (Å²) >= 11 is 4.73. The predicted octanol–water partition coefficient (Wildman–Crippen LogP) is 2.94. The number of anilines is 1. The summed E-state index contributed by atoms with van der Waals surface area (Å²) in [5.41, 5.74) is 0.951. The molecule has 1 atom stereocenters. The first-order chi connectivity index (χ1) is 9.10. The molecule has 0 unspecified atom stereocenters. The van der Waals surface area contributed by atoms with Gasteiger partial charge < -0.3 is 4.74 Å². The number of rotatable bonds is 4. The van der Waals surface area contributed by atoms with Crippen LogP contribution >= 0.6 is 27.3 Å². The molecule has 0 saturated heterocycles. The Morgan fingerprint density at radius 2 is 2.26 bits per heavy atom. The summed E-state index contributed by atoms with van der Waals surface area (Å²) in [6.07, 6.45) is -0.516. The van der Waals surface area contributed by atoms with Gasteiger partial charge in [-0.05, 0) is 19.1 Å². The van der Waals surface area contributed by atoms with Gasteiger partial charge in [-0.3, -0.25) is 10.1 Å². The van der Waals surface area contributed by atoms with E-state index in [0.717, 1.165) is 15.0 Å². The largest absolute Gasteiger partial charge is 0.372 e. The van der Waals surface area contributed by atoms with Crippen LogP contribution in [0.3, 0.4) is 0 Å². The predicted molar refractivity (Wildman–Crippen MR) is 78.1 cm³/mol. The van der Waals surface area contributed by atoms with Crippen molar-refractivity contribution in [2.45, 2.75) is 13.0 Å². The van der Waals surface area contributed by atoms with Crippen LogP contribution in [0.5, 0.6) is 0 Å². The van der Waals surface area contributed by atoms with Gasteiger partial charge in [0.15, 0.2) is 0 Å². The maximum atomic E-state index is 11.6. The van der Waals surface area contributed by atoms with Crippen LogP contribution in [-0.4, -0.2) is 29.3 Å². The summed E-state index contributed by atoms with van der Waals surface area (Å²) in [5.74, 6) is -0.237. The van der Waals surface area contributed by atoms with Gasteiger partial charge in [0.1, 0.15) is 11.1 Å². The molecular weight excluding hydrogens is 330 g/mol. The van der Waals surface area contributed by atoms with Gasteiger partial charge in [0.25, 0.3) is 5.91 Å². The number of nitrogens with one attached hydrogen (secondary N) is 1. The summed E-state index contributed by atoms with van der Waals surface area (Å²) < 4.78 is 5.90. The van der Waals surface area contributed by atoms with Crippen LogP contribution in [0.4, 0.5) is 5.13 Å². The van der Waals surface area contributed by atoms with Crippen LogP contribution in [0, 0.1) is 0 Å². The van der Waals surface area contributed by atoms with E-state index in [1.807, 2.05) is 24.3 Å². The van der Waals surface area contributed by atoms with Crippen LogP contribution < -0.4 is 5.32 Å². The van der Waals surface area contributed by atoms with Crippen molar-refractivity contribution in [1.82, 2.24) is 10.2 Å². The van der Waals surface area contributed by atoms with Crippen molar-refractivity contribution in [2.75, 3.05) is 12.4 Å². The van der Waals surface area contributed by atoms with Crippen LogP contribution in [0.25, 0.3) is 10.6 Å². The highest BCUT2D eigenvalue weighted by atomic mass is 79.9. The number of nitrogens with zero attached hydrogens (tertiary/aromatic N) is 2. The third kappa shape index (κ3) is 3.59. The van der Waals surface area contributed by atoms with E-state index < -0.39 is 6.10 Å². The number of ether oxygens (including phenoxy) is 1. The molecular formula is C12H12BrN3O2S. The standard InChI is InChI=1S/C12H12BrN3O2S/c1-7(18-2)10(17)14-12-16-15-11(19-12)8-4-3-5-9(13)6-8/h3-7H,1-2H3,(H,14,16,17)/t7-/m0/s1. The zero-order valence-corrected chi connectivity index (χ0v) is 12.8. The SMILES string of the molecule is CO[C@@H](C)C(=O)Nc1nnc(-c2cccc(Br)c2)s1. The molecule has 5 nitrogen and oxygen atoms in total. The number of carbonyl (C=O) groups is 1. The van der Waals surface area contributed by atoms with Crippen molar-refractivity contribution >= 4 is 38.3 Å². The zero-order chi connectivity index (χ0) is 13.8. The minimum Gasteiger partial charge on any atom is -0.372 e. The Morgan fingerprint density at radius 3 is 2.95 bits per heavy atom. The van der Waals surface area contributed by atoms with Crippen LogP contribution in [0.1, 0.15) is 6.92 Å². The molecule has 7 heteroatoms. The fourth-order valence-corrected chi connectivity index (χ4v) is 2.47. The minimum atomic E-state index is -0.516. The monoisotopic (exact) mass is 341 g/mol. The van der Waals surface area contributed by atoms with E-state index in [-0.39, 0.29) is 5.91 Å². The fraction of sp³-hybridized carbons (Fsp3) is 0.250. The third-order valence-electron chi connectivity index (χ3n) is 2.45. The lowest BCUT2D eigenvalue weighted by atomic mass is 10.2. The molecule has 1 amide bonds. The second kappa shape index (κ2) is 6.23. The van der Waals surface area contributed by atoms with E-state index in [1.165, 1.54) is 18.4 Å². The summed E-state index contributed by atoms with van der Waals surface area (Å²) in [6, 6.07) is 7.75. The molecule has 1 N–H and O–H groups in total. The van der Waals surface area contributed by atoms with Gasteiger partial charge in [-0.2, -0.15) is 0 Å².